The first-order valence-corrected chi connectivity index (χ1v) is 14.0. The van der Waals surface area contributed by atoms with Crippen LogP contribution in [0.2, 0.25) is 0 Å². The van der Waals surface area contributed by atoms with Crippen molar-refractivity contribution in [3.05, 3.63) is 113 Å². The summed E-state index contributed by atoms with van der Waals surface area (Å²) in [5.41, 5.74) is 5.78. The van der Waals surface area contributed by atoms with E-state index in [9.17, 15) is 4.79 Å². The molecule has 4 aromatic rings. The normalized spacial score (nSPS) is 17.3. The first-order chi connectivity index (χ1) is 19.5. The molecule has 0 aromatic heterocycles. The van der Waals surface area contributed by atoms with Crippen molar-refractivity contribution in [1.29, 1.82) is 0 Å². The second kappa shape index (κ2) is 10.7. The Labute approximate surface area is 235 Å². The number of nitrogens with one attached hydrogen (secondary N) is 2. The molecule has 0 unspecified atom stereocenters. The number of esters is 1. The summed E-state index contributed by atoms with van der Waals surface area (Å²) in [5, 5.41) is 7.12. The topological polar surface area (TPSA) is 68.8 Å². The van der Waals surface area contributed by atoms with Crippen LogP contribution >= 0.6 is 0 Å². The van der Waals surface area contributed by atoms with E-state index in [1.807, 2.05) is 92.7 Å². The lowest BCUT2D eigenvalue weighted by atomic mass is 9.77. The maximum absolute atomic E-state index is 13.3. The highest BCUT2D eigenvalue weighted by atomic mass is 16.6. The van der Waals surface area contributed by atoms with Gasteiger partial charge in [-0.05, 0) is 81.6 Å². The van der Waals surface area contributed by atoms with Crippen LogP contribution in [0.1, 0.15) is 59.3 Å². The zero-order valence-electron chi connectivity index (χ0n) is 23.1. The lowest BCUT2D eigenvalue weighted by Gasteiger charge is -2.37. The van der Waals surface area contributed by atoms with E-state index in [0.29, 0.717) is 17.1 Å². The molecule has 1 spiro atoms. The quantitative estimate of drug-likeness (QED) is 0.168. The van der Waals surface area contributed by atoms with Gasteiger partial charge in [-0.15, -0.1) is 0 Å². The lowest BCUT2D eigenvalue weighted by molar-refractivity contribution is 0.0224. The van der Waals surface area contributed by atoms with Gasteiger partial charge in [0.15, 0.2) is 5.60 Å². The fourth-order valence-corrected chi connectivity index (χ4v) is 5.71. The monoisotopic (exact) mass is 534 g/mol. The number of ether oxygens (including phenoxy) is 3. The molecule has 2 heterocycles. The first-order valence-electron chi connectivity index (χ1n) is 14.0. The second-order valence-corrected chi connectivity index (χ2v) is 10.5. The van der Waals surface area contributed by atoms with Crippen molar-refractivity contribution >= 4 is 23.0 Å². The van der Waals surface area contributed by atoms with Gasteiger partial charge in [-0.2, -0.15) is 0 Å². The Morgan fingerprint density at radius 1 is 0.875 bits per heavy atom. The van der Waals surface area contributed by atoms with E-state index < -0.39 is 5.60 Å². The molecule has 0 radical (unpaired) electrons. The number of rotatable bonds is 9. The maximum Gasteiger partial charge on any atom is 0.340 e. The summed E-state index contributed by atoms with van der Waals surface area (Å²) in [6, 6.07) is 28.1. The van der Waals surface area contributed by atoms with E-state index in [0.717, 1.165) is 65.4 Å². The average molecular weight is 535 g/mol. The summed E-state index contributed by atoms with van der Waals surface area (Å²) in [6.45, 7) is 7.74. The summed E-state index contributed by atoms with van der Waals surface area (Å²) in [5.74, 6) is 1.01. The van der Waals surface area contributed by atoms with Gasteiger partial charge in [0, 0.05) is 59.1 Å². The highest BCUT2D eigenvalue weighted by molar-refractivity contribution is 5.97. The van der Waals surface area contributed by atoms with E-state index in [1.165, 1.54) is 0 Å². The van der Waals surface area contributed by atoms with Crippen LogP contribution in [0.4, 0.5) is 17.1 Å². The molecule has 2 atom stereocenters. The molecule has 0 aliphatic carbocycles. The van der Waals surface area contributed by atoms with Crippen LogP contribution in [0.15, 0.2) is 84.9 Å². The SMILES string of the molecule is CCOCCC[C@@H](C)Nc1ccc2c(c1)Oc1cc(C)c(Nc3ccccc3)cc1[C@]21OC(=O)c2ccccc21. The number of anilines is 3. The maximum atomic E-state index is 13.3. The van der Waals surface area contributed by atoms with Crippen LogP contribution in [0, 0.1) is 6.92 Å². The van der Waals surface area contributed by atoms with E-state index in [2.05, 4.69) is 23.6 Å². The predicted octanol–water partition coefficient (Wildman–Crippen LogP) is 7.92. The standard InChI is InChI=1S/C34H34N2O4/c1-4-38-18-10-11-23(3)35-25-16-17-28-32(20-25)39-31-19-22(2)30(36-24-12-6-5-7-13-24)21-29(31)34(28)27-15-9-8-14-26(27)33(37)40-34/h5-9,12-17,19-21,23,35-36H,4,10-11,18H2,1-3H3/t23-,34-/m1/s1. The summed E-state index contributed by atoms with van der Waals surface area (Å²) < 4.78 is 18.4. The molecule has 2 aliphatic rings. The third kappa shape index (κ3) is 4.58. The van der Waals surface area contributed by atoms with Gasteiger partial charge in [0.05, 0.1) is 5.56 Å². The molecule has 0 saturated heterocycles. The number of fused-ring (bicyclic) bond motifs is 6. The van der Waals surface area contributed by atoms with E-state index in [-0.39, 0.29) is 12.0 Å². The second-order valence-electron chi connectivity index (χ2n) is 10.5. The van der Waals surface area contributed by atoms with Crippen LogP contribution in [0.3, 0.4) is 0 Å². The van der Waals surface area contributed by atoms with Crippen molar-refractivity contribution < 1.29 is 19.0 Å². The fourth-order valence-electron chi connectivity index (χ4n) is 5.71. The van der Waals surface area contributed by atoms with Gasteiger partial charge >= 0.3 is 5.97 Å². The zero-order chi connectivity index (χ0) is 27.7. The van der Waals surface area contributed by atoms with Crippen LogP contribution in [0.25, 0.3) is 0 Å². The number of hydrogen-bond donors (Lipinski definition) is 2. The smallest absolute Gasteiger partial charge is 0.340 e. The largest absolute Gasteiger partial charge is 0.456 e. The summed E-state index contributed by atoms with van der Waals surface area (Å²) in [4.78, 5) is 13.3. The van der Waals surface area contributed by atoms with Crippen molar-refractivity contribution in [1.82, 2.24) is 0 Å². The first kappa shape index (κ1) is 26.0. The molecular weight excluding hydrogens is 500 g/mol. The van der Waals surface area contributed by atoms with Gasteiger partial charge in [-0.25, -0.2) is 4.79 Å². The minimum absolute atomic E-state index is 0.266. The molecule has 40 heavy (non-hydrogen) atoms. The molecule has 0 amide bonds. The van der Waals surface area contributed by atoms with Crippen molar-refractivity contribution in [2.24, 2.45) is 0 Å². The number of para-hydroxylation sites is 1. The predicted molar refractivity (Wildman–Crippen MR) is 158 cm³/mol. The Morgan fingerprint density at radius 3 is 2.48 bits per heavy atom. The van der Waals surface area contributed by atoms with Crippen LogP contribution in [0.5, 0.6) is 11.5 Å². The molecule has 6 rings (SSSR count). The van der Waals surface area contributed by atoms with Crippen LogP contribution in [-0.4, -0.2) is 25.2 Å². The molecule has 0 bridgehead atoms. The van der Waals surface area contributed by atoms with E-state index >= 15 is 0 Å². The Morgan fingerprint density at radius 2 is 1.65 bits per heavy atom. The fraction of sp³-hybridized carbons (Fsp3) is 0.265. The Bertz CT molecular complexity index is 1550. The highest BCUT2D eigenvalue weighted by Crippen LogP contribution is 2.57. The molecule has 4 aromatic carbocycles. The van der Waals surface area contributed by atoms with Gasteiger partial charge in [0.2, 0.25) is 0 Å². The van der Waals surface area contributed by atoms with Crippen molar-refractivity contribution in [3.63, 3.8) is 0 Å². The Kier molecular flexibility index (Phi) is 6.95. The third-order valence-corrected chi connectivity index (χ3v) is 7.65. The van der Waals surface area contributed by atoms with Gasteiger partial charge in [-0.1, -0.05) is 36.4 Å². The zero-order valence-corrected chi connectivity index (χ0v) is 23.1. The minimum Gasteiger partial charge on any atom is -0.456 e. The lowest BCUT2D eigenvalue weighted by Crippen LogP contribution is -2.33. The molecule has 204 valence electrons. The average Bonchev–Trinajstić information content (AvgIpc) is 3.25. The highest BCUT2D eigenvalue weighted by Gasteiger charge is 2.53. The van der Waals surface area contributed by atoms with Crippen LogP contribution in [-0.2, 0) is 15.1 Å². The van der Waals surface area contributed by atoms with Crippen molar-refractivity contribution in [2.75, 3.05) is 23.8 Å². The molecule has 2 N–H and O–H groups in total. The molecule has 2 aliphatic heterocycles. The van der Waals surface area contributed by atoms with Gasteiger partial charge in [0.1, 0.15) is 11.5 Å². The number of carbonyl (C=O) groups is 1. The number of carbonyl (C=O) groups excluding carboxylic acids is 1. The van der Waals surface area contributed by atoms with E-state index in [4.69, 9.17) is 14.2 Å². The molecule has 6 nitrogen and oxygen atoms in total. The summed E-state index contributed by atoms with van der Waals surface area (Å²) in [7, 11) is 0. The summed E-state index contributed by atoms with van der Waals surface area (Å²) >= 11 is 0. The molecule has 0 fully saturated rings. The Hall–Kier alpha value is -4.29. The van der Waals surface area contributed by atoms with Gasteiger partial charge < -0.3 is 24.8 Å². The van der Waals surface area contributed by atoms with Crippen molar-refractivity contribution in [2.45, 2.75) is 45.3 Å². The van der Waals surface area contributed by atoms with Crippen LogP contribution < -0.4 is 15.4 Å². The van der Waals surface area contributed by atoms with Crippen molar-refractivity contribution in [3.8, 4) is 11.5 Å². The molecular formula is C34H34N2O4. The van der Waals surface area contributed by atoms with Gasteiger partial charge in [-0.3, -0.25) is 0 Å². The molecule has 6 heteroatoms. The van der Waals surface area contributed by atoms with E-state index in [1.54, 1.807) is 0 Å². The number of aryl methyl sites for hydroxylation is 1. The van der Waals surface area contributed by atoms with Gasteiger partial charge in [0.25, 0.3) is 0 Å². The number of hydrogen-bond acceptors (Lipinski definition) is 6. The third-order valence-electron chi connectivity index (χ3n) is 7.65. The Balaban J connectivity index is 1.42. The summed E-state index contributed by atoms with van der Waals surface area (Å²) in [6.07, 6.45) is 1.98. The number of benzene rings is 4. The molecule has 0 saturated carbocycles. The minimum atomic E-state index is -1.11.